The van der Waals surface area contributed by atoms with E-state index in [2.05, 4.69) is 0 Å². The van der Waals surface area contributed by atoms with Crippen LogP contribution in [0.4, 0.5) is 0 Å². The Balaban J connectivity index is 2.11. The predicted molar refractivity (Wildman–Crippen MR) is 82.0 cm³/mol. The standard InChI is InChI=1S/C17H15NO4/c1-18-14-8-7-12(9-15(14)22-17(18)21)13(10-16(19)20)11-5-3-2-4-6-11/h2-9,13H,10H2,1H3,(H,19,20). The molecule has 0 aliphatic rings. The van der Waals surface area contributed by atoms with Crippen LogP contribution in [0.25, 0.3) is 11.1 Å². The van der Waals surface area contributed by atoms with Gasteiger partial charge in [-0.3, -0.25) is 9.36 Å². The number of aromatic nitrogens is 1. The summed E-state index contributed by atoms with van der Waals surface area (Å²) in [6.45, 7) is 0. The van der Waals surface area contributed by atoms with E-state index in [-0.39, 0.29) is 12.3 Å². The maximum absolute atomic E-state index is 11.6. The highest BCUT2D eigenvalue weighted by Gasteiger charge is 2.19. The lowest BCUT2D eigenvalue weighted by Crippen LogP contribution is -2.08. The molecule has 0 saturated heterocycles. The molecule has 1 heterocycles. The molecule has 1 atom stereocenters. The van der Waals surface area contributed by atoms with Crippen molar-refractivity contribution >= 4 is 17.1 Å². The van der Waals surface area contributed by atoms with Gasteiger partial charge in [0.15, 0.2) is 5.58 Å². The molecule has 5 nitrogen and oxygen atoms in total. The van der Waals surface area contributed by atoms with Crippen LogP contribution in [-0.2, 0) is 11.8 Å². The van der Waals surface area contributed by atoms with E-state index in [4.69, 9.17) is 4.42 Å². The van der Waals surface area contributed by atoms with Crippen molar-refractivity contribution in [3.05, 3.63) is 70.2 Å². The van der Waals surface area contributed by atoms with Crippen LogP contribution in [0, 0.1) is 0 Å². The highest BCUT2D eigenvalue weighted by atomic mass is 16.4. The third-order valence-electron chi connectivity index (χ3n) is 3.80. The van der Waals surface area contributed by atoms with Crippen LogP contribution in [0.15, 0.2) is 57.7 Å². The van der Waals surface area contributed by atoms with Gasteiger partial charge in [0.2, 0.25) is 0 Å². The number of hydrogen-bond donors (Lipinski definition) is 1. The van der Waals surface area contributed by atoms with Gasteiger partial charge in [0, 0.05) is 13.0 Å². The lowest BCUT2D eigenvalue weighted by molar-refractivity contribution is -0.137. The van der Waals surface area contributed by atoms with Crippen LogP contribution in [0.1, 0.15) is 23.5 Å². The van der Waals surface area contributed by atoms with Gasteiger partial charge in [0.05, 0.1) is 11.9 Å². The second kappa shape index (κ2) is 5.52. The summed E-state index contributed by atoms with van der Waals surface area (Å²) in [5, 5.41) is 9.19. The van der Waals surface area contributed by atoms with E-state index in [0.717, 1.165) is 11.1 Å². The summed E-state index contributed by atoms with van der Waals surface area (Å²) < 4.78 is 6.61. The van der Waals surface area contributed by atoms with E-state index in [1.54, 1.807) is 19.2 Å². The summed E-state index contributed by atoms with van der Waals surface area (Å²) in [4.78, 5) is 22.8. The van der Waals surface area contributed by atoms with Gasteiger partial charge in [-0.15, -0.1) is 0 Å². The minimum Gasteiger partial charge on any atom is -0.481 e. The molecule has 3 aromatic rings. The van der Waals surface area contributed by atoms with Crippen LogP contribution < -0.4 is 5.76 Å². The van der Waals surface area contributed by atoms with E-state index in [0.29, 0.717) is 11.1 Å². The zero-order chi connectivity index (χ0) is 15.7. The molecule has 1 N–H and O–H groups in total. The van der Waals surface area contributed by atoms with Crippen LogP contribution in [0.5, 0.6) is 0 Å². The Morgan fingerprint density at radius 2 is 1.91 bits per heavy atom. The average molecular weight is 297 g/mol. The number of nitrogens with zero attached hydrogens (tertiary/aromatic N) is 1. The Morgan fingerprint density at radius 1 is 1.18 bits per heavy atom. The molecule has 1 aromatic heterocycles. The topological polar surface area (TPSA) is 72.4 Å². The van der Waals surface area contributed by atoms with Gasteiger partial charge in [0.1, 0.15) is 0 Å². The van der Waals surface area contributed by atoms with E-state index < -0.39 is 11.7 Å². The molecule has 3 rings (SSSR count). The van der Waals surface area contributed by atoms with Gasteiger partial charge in [-0.25, -0.2) is 4.79 Å². The van der Waals surface area contributed by atoms with Crippen molar-refractivity contribution in [1.82, 2.24) is 4.57 Å². The molecule has 0 aliphatic heterocycles. The van der Waals surface area contributed by atoms with E-state index >= 15 is 0 Å². The summed E-state index contributed by atoms with van der Waals surface area (Å²) in [7, 11) is 1.64. The lowest BCUT2D eigenvalue weighted by atomic mass is 9.88. The van der Waals surface area contributed by atoms with E-state index in [9.17, 15) is 14.7 Å². The molecular weight excluding hydrogens is 282 g/mol. The number of carboxylic acids is 1. The maximum Gasteiger partial charge on any atom is 0.419 e. The van der Waals surface area contributed by atoms with Crippen molar-refractivity contribution < 1.29 is 14.3 Å². The summed E-state index contributed by atoms with van der Waals surface area (Å²) in [5.74, 6) is -1.58. The molecule has 1 unspecified atom stereocenters. The number of rotatable bonds is 4. The summed E-state index contributed by atoms with van der Waals surface area (Å²) in [5.41, 5.74) is 2.89. The molecule has 0 fully saturated rings. The Hall–Kier alpha value is -2.82. The maximum atomic E-state index is 11.6. The molecular formula is C17H15NO4. The first-order chi connectivity index (χ1) is 10.6. The molecule has 22 heavy (non-hydrogen) atoms. The number of aliphatic carboxylic acids is 1. The van der Waals surface area contributed by atoms with Gasteiger partial charge in [-0.2, -0.15) is 0 Å². The average Bonchev–Trinajstić information content (AvgIpc) is 2.80. The predicted octanol–water partition coefficient (Wildman–Crippen LogP) is 2.74. The zero-order valence-electron chi connectivity index (χ0n) is 12.0. The second-order valence-electron chi connectivity index (χ2n) is 5.22. The fourth-order valence-corrected chi connectivity index (χ4v) is 2.66. The number of carboxylic acid groups (broad SMARTS) is 1. The highest BCUT2D eigenvalue weighted by Crippen LogP contribution is 2.30. The van der Waals surface area contributed by atoms with Crippen molar-refractivity contribution in [2.24, 2.45) is 7.05 Å². The monoisotopic (exact) mass is 297 g/mol. The van der Waals surface area contributed by atoms with Crippen LogP contribution >= 0.6 is 0 Å². The highest BCUT2D eigenvalue weighted by molar-refractivity contribution is 5.75. The normalized spacial score (nSPS) is 12.4. The number of hydrogen-bond acceptors (Lipinski definition) is 3. The smallest absolute Gasteiger partial charge is 0.419 e. The Morgan fingerprint density at radius 3 is 2.59 bits per heavy atom. The third kappa shape index (κ3) is 2.53. The Labute approximate surface area is 126 Å². The molecule has 0 amide bonds. The molecule has 5 heteroatoms. The molecule has 0 spiro atoms. The first-order valence-electron chi connectivity index (χ1n) is 6.92. The molecule has 0 bridgehead atoms. The fourth-order valence-electron chi connectivity index (χ4n) is 2.66. The first-order valence-corrected chi connectivity index (χ1v) is 6.92. The van der Waals surface area contributed by atoms with Gasteiger partial charge < -0.3 is 9.52 Å². The quantitative estimate of drug-likeness (QED) is 0.803. The Kier molecular flexibility index (Phi) is 3.55. The van der Waals surface area contributed by atoms with Crippen LogP contribution in [0.2, 0.25) is 0 Å². The Bertz CT molecular complexity index is 877. The first kappa shape index (κ1) is 14.1. The number of benzene rings is 2. The number of oxazole rings is 1. The number of carbonyl (C=O) groups is 1. The summed E-state index contributed by atoms with van der Waals surface area (Å²) in [6.07, 6.45) is -0.0212. The van der Waals surface area contributed by atoms with E-state index in [1.807, 2.05) is 36.4 Å². The van der Waals surface area contributed by atoms with Crippen molar-refractivity contribution in [2.45, 2.75) is 12.3 Å². The molecule has 0 aliphatic carbocycles. The third-order valence-corrected chi connectivity index (χ3v) is 3.80. The molecule has 0 radical (unpaired) electrons. The molecule has 0 saturated carbocycles. The van der Waals surface area contributed by atoms with E-state index in [1.165, 1.54) is 4.57 Å². The van der Waals surface area contributed by atoms with Crippen LogP contribution in [0.3, 0.4) is 0 Å². The number of aryl methyl sites for hydroxylation is 1. The zero-order valence-corrected chi connectivity index (χ0v) is 12.0. The fraction of sp³-hybridized carbons (Fsp3) is 0.176. The largest absolute Gasteiger partial charge is 0.481 e. The summed E-state index contributed by atoms with van der Waals surface area (Å²) in [6, 6.07) is 14.8. The van der Waals surface area contributed by atoms with Crippen molar-refractivity contribution in [3.8, 4) is 0 Å². The second-order valence-corrected chi connectivity index (χ2v) is 5.22. The molecule has 112 valence electrons. The van der Waals surface area contributed by atoms with Crippen molar-refractivity contribution in [2.75, 3.05) is 0 Å². The molecule has 2 aromatic carbocycles. The van der Waals surface area contributed by atoms with Gasteiger partial charge in [0.25, 0.3) is 0 Å². The van der Waals surface area contributed by atoms with Crippen LogP contribution in [-0.4, -0.2) is 15.6 Å². The SMILES string of the molecule is Cn1c(=O)oc2cc(C(CC(=O)O)c3ccccc3)ccc21. The number of fused-ring (bicyclic) bond motifs is 1. The van der Waals surface area contributed by atoms with Gasteiger partial charge in [-0.1, -0.05) is 36.4 Å². The van der Waals surface area contributed by atoms with Gasteiger partial charge in [-0.05, 0) is 23.3 Å². The van der Waals surface area contributed by atoms with Crippen molar-refractivity contribution in [3.63, 3.8) is 0 Å². The van der Waals surface area contributed by atoms with Crippen molar-refractivity contribution in [1.29, 1.82) is 0 Å². The van der Waals surface area contributed by atoms with Gasteiger partial charge >= 0.3 is 11.7 Å². The minimum atomic E-state index is -0.872. The lowest BCUT2D eigenvalue weighted by Gasteiger charge is -2.15. The minimum absolute atomic E-state index is 0.0212. The summed E-state index contributed by atoms with van der Waals surface area (Å²) >= 11 is 0.